The third-order valence-corrected chi connectivity index (χ3v) is 3.82. The normalized spacial score (nSPS) is 40.6. The summed E-state index contributed by atoms with van der Waals surface area (Å²) in [6, 6.07) is 0. The molecule has 1 saturated carbocycles. The van der Waals surface area contributed by atoms with Gasteiger partial charge in [-0.1, -0.05) is 12.8 Å². The molecule has 0 aromatic rings. The van der Waals surface area contributed by atoms with E-state index in [1.54, 1.807) is 0 Å². The Balaban J connectivity index is 0.000000845. The fourth-order valence-corrected chi connectivity index (χ4v) is 2.84. The Bertz CT molecular complexity index is 170. The van der Waals surface area contributed by atoms with E-state index < -0.39 is 0 Å². The van der Waals surface area contributed by atoms with Crippen LogP contribution in [0.15, 0.2) is 0 Å². The summed E-state index contributed by atoms with van der Waals surface area (Å²) in [4.78, 5) is 0. The molecule has 2 aliphatic rings. The predicted molar refractivity (Wildman–Crippen MR) is 56.2 cm³/mol. The van der Waals surface area contributed by atoms with Crippen LogP contribution in [0.25, 0.3) is 0 Å². The zero-order valence-corrected chi connectivity index (χ0v) is 9.07. The van der Waals surface area contributed by atoms with E-state index in [-0.39, 0.29) is 24.0 Å². The van der Waals surface area contributed by atoms with E-state index in [1.807, 2.05) is 0 Å². The average Bonchev–Trinajstić information content (AvgIpc) is 2.62. The van der Waals surface area contributed by atoms with Gasteiger partial charge in [-0.25, -0.2) is 0 Å². The number of halogens is 1. The highest BCUT2D eigenvalue weighted by atomic mass is 35.5. The van der Waals surface area contributed by atoms with Gasteiger partial charge in [0, 0.05) is 5.54 Å². The summed E-state index contributed by atoms with van der Waals surface area (Å²) in [7, 11) is 0. The van der Waals surface area contributed by atoms with Crippen molar-refractivity contribution in [2.75, 3.05) is 6.54 Å². The standard InChI is InChI=1S/C10H19NO.ClH/c1-10(8-4-2-3-5-8)9(12)6-7-11-10;/h8-9,11-12H,2-7H2,1H3;1H. The van der Waals surface area contributed by atoms with Crippen LogP contribution in [-0.4, -0.2) is 23.3 Å². The van der Waals surface area contributed by atoms with Crippen LogP contribution < -0.4 is 5.32 Å². The van der Waals surface area contributed by atoms with Gasteiger partial charge in [0.25, 0.3) is 0 Å². The van der Waals surface area contributed by atoms with Crippen LogP contribution in [0.1, 0.15) is 39.0 Å². The molecule has 1 aliphatic carbocycles. The maximum atomic E-state index is 9.85. The minimum absolute atomic E-state index is 0. The molecule has 2 atom stereocenters. The quantitative estimate of drug-likeness (QED) is 0.683. The Hall–Kier alpha value is 0.210. The Kier molecular flexibility index (Phi) is 3.61. The molecule has 1 aliphatic heterocycles. The summed E-state index contributed by atoms with van der Waals surface area (Å²) in [6.07, 6.45) is 6.15. The van der Waals surface area contributed by atoms with Gasteiger partial charge in [0.05, 0.1) is 6.10 Å². The number of hydrogen-bond acceptors (Lipinski definition) is 2. The topological polar surface area (TPSA) is 32.3 Å². The summed E-state index contributed by atoms with van der Waals surface area (Å²) >= 11 is 0. The van der Waals surface area contributed by atoms with Gasteiger partial charge >= 0.3 is 0 Å². The molecule has 0 bridgehead atoms. The lowest BCUT2D eigenvalue weighted by Crippen LogP contribution is -2.50. The lowest BCUT2D eigenvalue weighted by molar-refractivity contribution is 0.0694. The highest BCUT2D eigenvalue weighted by Crippen LogP contribution is 2.38. The molecule has 78 valence electrons. The van der Waals surface area contributed by atoms with E-state index in [9.17, 15) is 5.11 Å². The highest BCUT2D eigenvalue weighted by molar-refractivity contribution is 5.85. The van der Waals surface area contributed by atoms with Gasteiger partial charge in [0.1, 0.15) is 0 Å². The molecule has 2 rings (SSSR count). The molecular formula is C10H20ClNO. The fourth-order valence-electron chi connectivity index (χ4n) is 2.84. The molecule has 0 radical (unpaired) electrons. The summed E-state index contributed by atoms with van der Waals surface area (Å²) in [6.45, 7) is 3.19. The summed E-state index contributed by atoms with van der Waals surface area (Å²) < 4.78 is 0. The molecule has 13 heavy (non-hydrogen) atoms. The molecule has 1 saturated heterocycles. The third kappa shape index (κ3) is 1.85. The van der Waals surface area contributed by atoms with Crippen molar-refractivity contribution in [2.45, 2.75) is 50.7 Å². The van der Waals surface area contributed by atoms with Gasteiger partial charge in [0.15, 0.2) is 0 Å². The lowest BCUT2D eigenvalue weighted by Gasteiger charge is -2.34. The van der Waals surface area contributed by atoms with Crippen LogP contribution in [0.3, 0.4) is 0 Å². The number of hydrogen-bond donors (Lipinski definition) is 2. The van der Waals surface area contributed by atoms with Gasteiger partial charge in [0.2, 0.25) is 0 Å². The minimum Gasteiger partial charge on any atom is -0.391 e. The molecule has 2 fully saturated rings. The van der Waals surface area contributed by atoms with Crippen molar-refractivity contribution in [3.63, 3.8) is 0 Å². The van der Waals surface area contributed by atoms with Crippen LogP contribution in [0, 0.1) is 5.92 Å². The van der Waals surface area contributed by atoms with E-state index in [1.165, 1.54) is 25.7 Å². The zero-order chi connectivity index (χ0) is 8.60. The van der Waals surface area contributed by atoms with Crippen LogP contribution in [0.2, 0.25) is 0 Å². The van der Waals surface area contributed by atoms with E-state index in [2.05, 4.69) is 12.2 Å². The van der Waals surface area contributed by atoms with Gasteiger partial charge in [-0.15, -0.1) is 12.4 Å². The second-order valence-electron chi connectivity index (χ2n) is 4.50. The first kappa shape index (κ1) is 11.3. The first-order valence-electron chi connectivity index (χ1n) is 5.16. The second-order valence-corrected chi connectivity index (χ2v) is 4.50. The highest BCUT2D eigenvalue weighted by Gasteiger charge is 2.44. The van der Waals surface area contributed by atoms with E-state index in [0.29, 0.717) is 0 Å². The maximum absolute atomic E-state index is 9.85. The Morgan fingerprint density at radius 3 is 2.31 bits per heavy atom. The molecule has 2 N–H and O–H groups in total. The van der Waals surface area contributed by atoms with Gasteiger partial charge < -0.3 is 10.4 Å². The smallest absolute Gasteiger partial charge is 0.0733 e. The summed E-state index contributed by atoms with van der Waals surface area (Å²) in [5.74, 6) is 0.718. The lowest BCUT2D eigenvalue weighted by atomic mass is 9.81. The predicted octanol–water partition coefficient (Wildman–Crippen LogP) is 1.71. The van der Waals surface area contributed by atoms with Crippen LogP contribution in [0.5, 0.6) is 0 Å². The van der Waals surface area contributed by atoms with Crippen molar-refractivity contribution in [1.29, 1.82) is 0 Å². The van der Waals surface area contributed by atoms with Crippen LogP contribution >= 0.6 is 12.4 Å². The van der Waals surface area contributed by atoms with Crippen molar-refractivity contribution < 1.29 is 5.11 Å². The maximum Gasteiger partial charge on any atom is 0.0733 e. The molecule has 1 heterocycles. The number of aliphatic hydroxyl groups excluding tert-OH is 1. The van der Waals surface area contributed by atoms with Crippen molar-refractivity contribution in [2.24, 2.45) is 5.92 Å². The van der Waals surface area contributed by atoms with Crippen molar-refractivity contribution >= 4 is 12.4 Å². The molecule has 2 nitrogen and oxygen atoms in total. The van der Waals surface area contributed by atoms with Crippen molar-refractivity contribution in [3.8, 4) is 0 Å². The number of rotatable bonds is 1. The summed E-state index contributed by atoms with van der Waals surface area (Å²) in [5, 5.41) is 13.3. The van der Waals surface area contributed by atoms with Crippen LogP contribution in [0.4, 0.5) is 0 Å². The largest absolute Gasteiger partial charge is 0.391 e. The molecule has 0 spiro atoms. The number of nitrogens with one attached hydrogen (secondary N) is 1. The van der Waals surface area contributed by atoms with Crippen LogP contribution in [-0.2, 0) is 0 Å². The SMILES string of the molecule is CC1(C2CCCC2)NCCC1O.Cl. The Labute approximate surface area is 86.5 Å². The van der Waals surface area contributed by atoms with Crippen molar-refractivity contribution in [1.82, 2.24) is 5.32 Å². The van der Waals surface area contributed by atoms with Gasteiger partial charge in [-0.2, -0.15) is 0 Å². The van der Waals surface area contributed by atoms with E-state index in [4.69, 9.17) is 0 Å². The number of aliphatic hydroxyl groups is 1. The Morgan fingerprint density at radius 2 is 1.85 bits per heavy atom. The average molecular weight is 206 g/mol. The zero-order valence-electron chi connectivity index (χ0n) is 8.25. The molecule has 2 unspecified atom stereocenters. The molecule has 0 aromatic carbocycles. The molecule has 0 aromatic heterocycles. The summed E-state index contributed by atoms with van der Waals surface area (Å²) in [5.41, 5.74) is 0.0382. The molecule has 0 amide bonds. The first-order valence-corrected chi connectivity index (χ1v) is 5.16. The van der Waals surface area contributed by atoms with Crippen molar-refractivity contribution in [3.05, 3.63) is 0 Å². The first-order chi connectivity index (χ1) is 5.73. The van der Waals surface area contributed by atoms with Gasteiger partial charge in [-0.05, 0) is 38.6 Å². The Morgan fingerprint density at radius 1 is 1.23 bits per heavy atom. The van der Waals surface area contributed by atoms with Gasteiger partial charge in [-0.3, -0.25) is 0 Å². The van der Waals surface area contributed by atoms with E-state index in [0.717, 1.165) is 18.9 Å². The molecule has 3 heteroatoms. The monoisotopic (exact) mass is 205 g/mol. The third-order valence-electron chi connectivity index (χ3n) is 3.82. The van der Waals surface area contributed by atoms with E-state index >= 15 is 0 Å². The molecular weight excluding hydrogens is 186 g/mol. The minimum atomic E-state index is -0.111. The fraction of sp³-hybridized carbons (Fsp3) is 1.00. The second kappa shape index (κ2) is 4.16.